The van der Waals surface area contributed by atoms with Gasteiger partial charge in [-0.25, -0.2) is 32.9 Å². The second-order valence-electron chi connectivity index (χ2n) is 9.10. The van der Waals surface area contributed by atoms with Crippen molar-refractivity contribution in [2.75, 3.05) is 22.7 Å². The van der Waals surface area contributed by atoms with Gasteiger partial charge in [0.15, 0.2) is 10.9 Å². The molecule has 0 saturated carbocycles. The molecule has 3 heterocycles. The minimum atomic E-state index is -0.992. The molecule has 1 aliphatic rings. The van der Waals surface area contributed by atoms with Gasteiger partial charge in [-0.15, -0.1) is 0 Å². The van der Waals surface area contributed by atoms with E-state index in [2.05, 4.69) is 14.7 Å². The molecule has 0 aliphatic carbocycles. The zero-order valence-electron chi connectivity index (χ0n) is 21.1. The lowest BCUT2D eigenvalue weighted by atomic mass is 10.1. The average Bonchev–Trinajstić information content (AvgIpc) is 3.33. The van der Waals surface area contributed by atoms with Gasteiger partial charge in [-0.2, -0.15) is 0 Å². The van der Waals surface area contributed by atoms with Gasteiger partial charge in [-0.05, 0) is 67.7 Å². The van der Waals surface area contributed by atoms with Crippen LogP contribution in [0.15, 0.2) is 53.6 Å². The standard InChI is InChI=1S/C26H22ClF3N6O2S2/c1-13-11-35(26(37)38)12-14(2)36(13)25-33-21(23(39-25)19-9-10-31-24(27)32-19)15-5-3-8-18(20(15)30)34-40-22-16(28)6-4-7-17(22)29/h3-10,13-14,34H,11-12H2,1-2H3,(H,37,38). The van der Waals surface area contributed by atoms with Crippen LogP contribution in [0, 0.1) is 17.5 Å². The molecule has 40 heavy (non-hydrogen) atoms. The maximum absolute atomic E-state index is 15.9. The third-order valence-corrected chi connectivity index (χ3v) is 8.51. The Morgan fingerprint density at radius 1 is 1.07 bits per heavy atom. The normalized spacial score (nSPS) is 17.2. The van der Waals surface area contributed by atoms with E-state index < -0.39 is 23.5 Å². The molecule has 1 fully saturated rings. The van der Waals surface area contributed by atoms with Crippen molar-refractivity contribution in [1.29, 1.82) is 0 Å². The molecule has 1 aliphatic heterocycles. The molecule has 4 aromatic rings. The van der Waals surface area contributed by atoms with E-state index in [4.69, 9.17) is 16.6 Å². The van der Waals surface area contributed by atoms with E-state index in [-0.39, 0.29) is 52.3 Å². The largest absolute Gasteiger partial charge is 0.465 e. The van der Waals surface area contributed by atoms with Crippen LogP contribution < -0.4 is 9.62 Å². The van der Waals surface area contributed by atoms with Crippen LogP contribution in [0.3, 0.4) is 0 Å². The van der Waals surface area contributed by atoms with Crippen LogP contribution in [0.1, 0.15) is 13.8 Å². The number of aromatic nitrogens is 3. The molecule has 2 N–H and O–H groups in total. The summed E-state index contributed by atoms with van der Waals surface area (Å²) in [6.07, 6.45) is 0.493. The lowest BCUT2D eigenvalue weighted by molar-refractivity contribution is 0.128. The van der Waals surface area contributed by atoms with E-state index in [1.165, 1.54) is 34.6 Å². The smallest absolute Gasteiger partial charge is 0.407 e. The highest BCUT2D eigenvalue weighted by molar-refractivity contribution is 8.00. The number of hydrogen-bond acceptors (Lipinski definition) is 8. The number of hydrogen-bond donors (Lipinski definition) is 2. The van der Waals surface area contributed by atoms with Crippen LogP contribution in [-0.4, -0.2) is 56.2 Å². The van der Waals surface area contributed by atoms with Crippen molar-refractivity contribution in [2.45, 2.75) is 30.8 Å². The number of halogens is 4. The molecule has 14 heteroatoms. The first-order valence-electron chi connectivity index (χ1n) is 12.1. The summed E-state index contributed by atoms with van der Waals surface area (Å²) in [6.45, 7) is 4.36. The number of carboxylic acid groups (broad SMARTS) is 1. The zero-order valence-corrected chi connectivity index (χ0v) is 23.5. The summed E-state index contributed by atoms with van der Waals surface area (Å²) < 4.78 is 46.9. The molecule has 2 unspecified atom stereocenters. The van der Waals surface area contributed by atoms with Crippen molar-refractivity contribution in [3.63, 3.8) is 0 Å². The summed E-state index contributed by atoms with van der Waals surface area (Å²) in [6, 6.07) is 9.33. The number of thiazole rings is 1. The third-order valence-electron chi connectivity index (χ3n) is 6.32. The molecule has 2 atom stereocenters. The first-order valence-corrected chi connectivity index (χ1v) is 14.1. The summed E-state index contributed by atoms with van der Waals surface area (Å²) in [5.74, 6) is -2.22. The molecule has 208 valence electrons. The summed E-state index contributed by atoms with van der Waals surface area (Å²) >= 11 is 7.96. The van der Waals surface area contributed by atoms with Gasteiger partial charge in [-0.1, -0.05) is 23.5 Å². The number of carbonyl (C=O) groups is 1. The zero-order chi connectivity index (χ0) is 28.6. The highest BCUT2D eigenvalue weighted by Gasteiger charge is 2.35. The number of nitrogens with one attached hydrogen (secondary N) is 1. The second kappa shape index (κ2) is 11.5. The molecule has 2 aromatic carbocycles. The van der Waals surface area contributed by atoms with E-state index in [0.29, 0.717) is 27.7 Å². The number of anilines is 2. The van der Waals surface area contributed by atoms with Gasteiger partial charge in [0.2, 0.25) is 5.28 Å². The summed E-state index contributed by atoms with van der Waals surface area (Å²) in [4.78, 5) is 28.2. The minimum absolute atomic E-state index is 0.00295. The second-order valence-corrected chi connectivity index (χ2v) is 11.2. The highest BCUT2D eigenvalue weighted by atomic mass is 35.5. The maximum atomic E-state index is 15.9. The number of piperazine rings is 1. The Labute approximate surface area is 241 Å². The van der Waals surface area contributed by atoms with Gasteiger partial charge >= 0.3 is 6.09 Å². The van der Waals surface area contributed by atoms with Crippen molar-refractivity contribution in [2.24, 2.45) is 0 Å². The van der Waals surface area contributed by atoms with Gasteiger partial charge in [0.1, 0.15) is 11.6 Å². The molecule has 1 saturated heterocycles. The van der Waals surface area contributed by atoms with Crippen LogP contribution >= 0.6 is 34.9 Å². The summed E-state index contributed by atoms with van der Waals surface area (Å²) in [7, 11) is 0. The van der Waals surface area contributed by atoms with Crippen molar-refractivity contribution in [1.82, 2.24) is 19.9 Å². The Kier molecular flexibility index (Phi) is 8.06. The SMILES string of the molecule is CC1CN(C(=O)O)CC(C)N1c1nc(-c2cccc(NSc3c(F)cccc3F)c2F)c(-c2ccnc(Cl)n2)s1. The van der Waals surface area contributed by atoms with Crippen molar-refractivity contribution in [3.8, 4) is 21.8 Å². The van der Waals surface area contributed by atoms with Gasteiger partial charge in [0, 0.05) is 36.9 Å². The molecule has 2 aromatic heterocycles. The quantitative estimate of drug-likeness (QED) is 0.178. The van der Waals surface area contributed by atoms with Crippen LogP contribution in [-0.2, 0) is 0 Å². The summed E-state index contributed by atoms with van der Waals surface area (Å²) in [5, 5.41) is 10.1. The summed E-state index contributed by atoms with van der Waals surface area (Å²) in [5.41, 5.74) is 0.862. The van der Waals surface area contributed by atoms with Gasteiger partial charge in [0.05, 0.1) is 26.8 Å². The van der Waals surface area contributed by atoms with E-state index in [1.54, 1.807) is 18.2 Å². The first kappa shape index (κ1) is 28.0. The Bertz CT molecular complexity index is 1540. The van der Waals surface area contributed by atoms with Crippen molar-refractivity contribution in [3.05, 3.63) is 71.4 Å². The van der Waals surface area contributed by atoms with Crippen LogP contribution in [0.2, 0.25) is 5.28 Å². The Hall–Kier alpha value is -3.55. The highest BCUT2D eigenvalue weighted by Crippen LogP contribution is 2.43. The number of benzene rings is 2. The fourth-order valence-electron chi connectivity index (χ4n) is 4.57. The van der Waals surface area contributed by atoms with Gasteiger partial charge in [-0.3, -0.25) is 0 Å². The molecule has 5 rings (SSSR count). The number of amides is 1. The average molecular weight is 607 g/mol. The number of nitrogens with zero attached hydrogens (tertiary/aromatic N) is 5. The molecule has 8 nitrogen and oxygen atoms in total. The number of rotatable bonds is 6. The monoisotopic (exact) mass is 606 g/mol. The van der Waals surface area contributed by atoms with Crippen LogP contribution in [0.4, 0.5) is 28.8 Å². The van der Waals surface area contributed by atoms with Crippen LogP contribution in [0.25, 0.3) is 21.8 Å². The topological polar surface area (TPSA) is 94.5 Å². The molecule has 1 amide bonds. The molecule has 0 radical (unpaired) electrons. The lowest BCUT2D eigenvalue weighted by Gasteiger charge is -2.43. The Morgan fingerprint density at radius 3 is 2.40 bits per heavy atom. The van der Waals surface area contributed by atoms with Crippen molar-refractivity contribution >= 4 is 51.8 Å². The van der Waals surface area contributed by atoms with E-state index in [9.17, 15) is 18.7 Å². The van der Waals surface area contributed by atoms with Gasteiger partial charge < -0.3 is 19.6 Å². The Morgan fingerprint density at radius 2 is 1.75 bits per heavy atom. The van der Waals surface area contributed by atoms with E-state index in [0.717, 1.165) is 12.1 Å². The maximum Gasteiger partial charge on any atom is 0.407 e. The fourth-order valence-corrected chi connectivity index (χ4v) is 6.68. The Balaban J connectivity index is 1.55. The molecular formula is C26H22ClF3N6O2S2. The predicted octanol–water partition coefficient (Wildman–Crippen LogP) is 7.03. The third kappa shape index (κ3) is 5.54. The van der Waals surface area contributed by atoms with Crippen LogP contribution in [0.5, 0.6) is 0 Å². The molecule has 0 bridgehead atoms. The van der Waals surface area contributed by atoms with Crippen molar-refractivity contribution < 1.29 is 23.1 Å². The predicted molar refractivity (Wildman–Crippen MR) is 150 cm³/mol. The van der Waals surface area contributed by atoms with E-state index in [1.807, 2.05) is 18.7 Å². The fraction of sp³-hybridized carbons (Fsp3) is 0.231. The van der Waals surface area contributed by atoms with E-state index >= 15 is 4.39 Å². The molecule has 0 spiro atoms. The minimum Gasteiger partial charge on any atom is -0.465 e. The van der Waals surface area contributed by atoms with Gasteiger partial charge in [0.25, 0.3) is 0 Å². The first-order chi connectivity index (χ1) is 19.1. The molecular weight excluding hydrogens is 585 g/mol. The lowest BCUT2D eigenvalue weighted by Crippen LogP contribution is -2.58.